The summed E-state index contributed by atoms with van der Waals surface area (Å²) in [5.41, 5.74) is 8.62. The summed E-state index contributed by atoms with van der Waals surface area (Å²) in [5, 5.41) is 0. The summed E-state index contributed by atoms with van der Waals surface area (Å²) < 4.78 is 6.00. The van der Waals surface area contributed by atoms with Gasteiger partial charge in [0.15, 0.2) is 0 Å². The Morgan fingerprint density at radius 2 is 1.68 bits per heavy atom. The van der Waals surface area contributed by atoms with E-state index in [0.717, 1.165) is 18.8 Å². The van der Waals surface area contributed by atoms with Gasteiger partial charge in [-0.3, -0.25) is 0 Å². The van der Waals surface area contributed by atoms with Crippen molar-refractivity contribution < 1.29 is 4.74 Å². The van der Waals surface area contributed by atoms with Gasteiger partial charge >= 0.3 is 0 Å². The number of nitrogens with two attached hydrogens (primary N) is 1. The molecule has 0 bridgehead atoms. The number of unbranched alkanes of at least 4 members (excludes halogenated alkanes) is 1. The molecule has 2 unspecified atom stereocenters. The molecule has 0 aliphatic heterocycles. The lowest BCUT2D eigenvalue weighted by Crippen LogP contribution is -2.15. The monoisotopic (exact) mass is 339 g/mol. The van der Waals surface area contributed by atoms with E-state index in [2.05, 4.69) is 62.4 Å². The highest BCUT2D eigenvalue weighted by molar-refractivity contribution is 5.30. The van der Waals surface area contributed by atoms with E-state index in [0.29, 0.717) is 18.4 Å². The Labute approximate surface area is 153 Å². The van der Waals surface area contributed by atoms with Crippen molar-refractivity contribution in [2.75, 3.05) is 13.2 Å². The van der Waals surface area contributed by atoms with Gasteiger partial charge in [0.25, 0.3) is 0 Å². The minimum absolute atomic E-state index is 0.367. The summed E-state index contributed by atoms with van der Waals surface area (Å²) >= 11 is 0. The summed E-state index contributed by atoms with van der Waals surface area (Å²) in [6.45, 7) is 5.99. The lowest BCUT2D eigenvalue weighted by Gasteiger charge is -2.17. The van der Waals surface area contributed by atoms with Crippen molar-refractivity contribution in [1.29, 1.82) is 0 Å². The smallest absolute Gasteiger partial charge is 0.119 e. The quantitative estimate of drug-likeness (QED) is 0.581. The Morgan fingerprint density at radius 3 is 2.28 bits per heavy atom. The molecule has 2 atom stereocenters. The maximum Gasteiger partial charge on any atom is 0.119 e. The van der Waals surface area contributed by atoms with E-state index >= 15 is 0 Å². The van der Waals surface area contributed by atoms with Crippen molar-refractivity contribution in [2.24, 2.45) is 11.7 Å². The minimum Gasteiger partial charge on any atom is -0.493 e. The summed E-state index contributed by atoms with van der Waals surface area (Å²) in [6, 6.07) is 19.1. The second-order valence-electron chi connectivity index (χ2n) is 6.92. The van der Waals surface area contributed by atoms with Gasteiger partial charge < -0.3 is 10.5 Å². The zero-order valence-electron chi connectivity index (χ0n) is 15.8. The van der Waals surface area contributed by atoms with Gasteiger partial charge in [0.2, 0.25) is 0 Å². The normalized spacial score (nSPS) is 13.4. The van der Waals surface area contributed by atoms with Crippen molar-refractivity contribution in [3.8, 4) is 5.75 Å². The highest BCUT2D eigenvalue weighted by Crippen LogP contribution is 2.22. The number of ether oxygens (including phenoxy) is 1. The number of hydrogen-bond donors (Lipinski definition) is 1. The van der Waals surface area contributed by atoms with Gasteiger partial charge in [0, 0.05) is 5.92 Å². The highest BCUT2D eigenvalue weighted by atomic mass is 16.5. The van der Waals surface area contributed by atoms with Crippen LogP contribution >= 0.6 is 0 Å². The van der Waals surface area contributed by atoms with Gasteiger partial charge in [-0.15, -0.1) is 0 Å². The molecular weight excluding hydrogens is 306 g/mol. The molecule has 2 aromatic carbocycles. The third kappa shape index (κ3) is 6.55. The van der Waals surface area contributed by atoms with Crippen LogP contribution in [0.1, 0.15) is 56.6 Å². The van der Waals surface area contributed by atoms with Crippen LogP contribution in [0.5, 0.6) is 5.75 Å². The second-order valence-corrected chi connectivity index (χ2v) is 6.92. The van der Waals surface area contributed by atoms with Crippen LogP contribution in [0, 0.1) is 5.92 Å². The predicted octanol–water partition coefficient (Wildman–Crippen LogP) is 5.57. The van der Waals surface area contributed by atoms with Crippen molar-refractivity contribution in [2.45, 2.75) is 51.9 Å². The molecule has 2 nitrogen and oxygen atoms in total. The van der Waals surface area contributed by atoms with Gasteiger partial charge in [0.1, 0.15) is 5.75 Å². The average Bonchev–Trinajstić information content (AvgIpc) is 2.68. The van der Waals surface area contributed by atoms with Crippen LogP contribution in [0.4, 0.5) is 0 Å². The summed E-state index contributed by atoms with van der Waals surface area (Å²) in [6.07, 6.45) is 5.97. The Morgan fingerprint density at radius 1 is 0.960 bits per heavy atom. The standard InChI is InChI=1S/C23H33NO/c1-3-5-9-19(4-2)18-25-23-14-12-20(13-15-23)16-22(17-24)21-10-7-6-8-11-21/h6-8,10-15,19,22H,3-5,9,16-18,24H2,1-2H3. The maximum atomic E-state index is 6.00. The number of rotatable bonds is 11. The first-order valence-electron chi connectivity index (χ1n) is 9.73. The Kier molecular flexibility index (Phi) is 8.54. The van der Waals surface area contributed by atoms with Crippen LogP contribution in [0.3, 0.4) is 0 Å². The molecule has 2 aromatic rings. The molecular formula is C23H33NO. The molecule has 0 saturated heterocycles. The van der Waals surface area contributed by atoms with E-state index in [1.807, 2.05) is 6.07 Å². The molecule has 0 heterocycles. The molecule has 2 N–H and O–H groups in total. The zero-order chi connectivity index (χ0) is 17.9. The van der Waals surface area contributed by atoms with E-state index in [1.54, 1.807) is 0 Å². The maximum absolute atomic E-state index is 6.00. The molecule has 0 aliphatic carbocycles. The van der Waals surface area contributed by atoms with Gasteiger partial charge in [-0.1, -0.05) is 75.6 Å². The Balaban J connectivity index is 1.88. The van der Waals surface area contributed by atoms with Crippen LogP contribution in [0.15, 0.2) is 54.6 Å². The van der Waals surface area contributed by atoms with Crippen LogP contribution in [-0.4, -0.2) is 13.2 Å². The SMILES string of the molecule is CCCCC(CC)COc1ccc(CC(CN)c2ccccc2)cc1. The molecule has 0 spiro atoms. The van der Waals surface area contributed by atoms with Crippen molar-refractivity contribution in [3.63, 3.8) is 0 Å². The molecule has 0 amide bonds. The largest absolute Gasteiger partial charge is 0.493 e. The Hall–Kier alpha value is -1.80. The first-order chi connectivity index (χ1) is 12.3. The third-order valence-corrected chi connectivity index (χ3v) is 4.99. The minimum atomic E-state index is 0.367. The zero-order valence-corrected chi connectivity index (χ0v) is 15.8. The van der Waals surface area contributed by atoms with Crippen LogP contribution in [0.2, 0.25) is 0 Å². The molecule has 0 aliphatic rings. The van der Waals surface area contributed by atoms with E-state index in [1.165, 1.54) is 36.8 Å². The van der Waals surface area contributed by atoms with Crippen LogP contribution in [-0.2, 0) is 6.42 Å². The number of benzene rings is 2. The van der Waals surface area contributed by atoms with Crippen LogP contribution < -0.4 is 10.5 Å². The first kappa shape index (κ1) is 19.5. The van der Waals surface area contributed by atoms with Gasteiger partial charge in [-0.25, -0.2) is 0 Å². The lowest BCUT2D eigenvalue weighted by atomic mass is 9.92. The first-order valence-corrected chi connectivity index (χ1v) is 9.73. The molecule has 0 radical (unpaired) electrons. The van der Waals surface area contributed by atoms with E-state index in [-0.39, 0.29) is 0 Å². The van der Waals surface area contributed by atoms with Crippen molar-refractivity contribution in [3.05, 3.63) is 65.7 Å². The fourth-order valence-corrected chi connectivity index (χ4v) is 3.18. The fraction of sp³-hybridized carbons (Fsp3) is 0.478. The Bertz CT molecular complexity index is 579. The fourth-order valence-electron chi connectivity index (χ4n) is 3.18. The van der Waals surface area contributed by atoms with Gasteiger partial charge in [-0.05, 0) is 48.6 Å². The van der Waals surface area contributed by atoms with E-state index < -0.39 is 0 Å². The van der Waals surface area contributed by atoms with Crippen molar-refractivity contribution >= 4 is 0 Å². The third-order valence-electron chi connectivity index (χ3n) is 4.99. The van der Waals surface area contributed by atoms with Gasteiger partial charge in [0.05, 0.1) is 6.61 Å². The molecule has 25 heavy (non-hydrogen) atoms. The molecule has 0 fully saturated rings. The highest BCUT2D eigenvalue weighted by Gasteiger charge is 2.11. The van der Waals surface area contributed by atoms with Crippen molar-refractivity contribution in [1.82, 2.24) is 0 Å². The molecule has 136 valence electrons. The predicted molar refractivity (Wildman–Crippen MR) is 107 cm³/mol. The molecule has 2 rings (SSSR count). The topological polar surface area (TPSA) is 35.2 Å². The molecule has 2 heteroatoms. The summed E-state index contributed by atoms with van der Waals surface area (Å²) in [4.78, 5) is 0. The summed E-state index contributed by atoms with van der Waals surface area (Å²) in [7, 11) is 0. The van der Waals surface area contributed by atoms with Gasteiger partial charge in [-0.2, -0.15) is 0 Å². The number of hydrogen-bond acceptors (Lipinski definition) is 2. The average molecular weight is 340 g/mol. The lowest BCUT2D eigenvalue weighted by molar-refractivity contribution is 0.233. The molecule has 0 aromatic heterocycles. The molecule has 0 saturated carbocycles. The summed E-state index contributed by atoms with van der Waals surface area (Å²) in [5.74, 6) is 2.01. The van der Waals surface area contributed by atoms with Crippen LogP contribution in [0.25, 0.3) is 0 Å². The van der Waals surface area contributed by atoms with E-state index in [9.17, 15) is 0 Å². The van der Waals surface area contributed by atoms with E-state index in [4.69, 9.17) is 10.5 Å². The second kappa shape index (κ2) is 10.9.